The van der Waals surface area contributed by atoms with Gasteiger partial charge in [-0.2, -0.15) is 0 Å². The molecule has 9 heteroatoms. The quantitative estimate of drug-likeness (QED) is 0.342. The van der Waals surface area contributed by atoms with Gasteiger partial charge in [0, 0.05) is 37.0 Å². The summed E-state index contributed by atoms with van der Waals surface area (Å²) >= 11 is 0. The second kappa shape index (κ2) is 12.5. The summed E-state index contributed by atoms with van der Waals surface area (Å²) in [5.41, 5.74) is 2.10. The number of nitrogens with one attached hydrogen (secondary N) is 1. The van der Waals surface area contributed by atoms with E-state index in [1.165, 1.54) is 0 Å². The summed E-state index contributed by atoms with van der Waals surface area (Å²) < 4.78 is 12.7. The summed E-state index contributed by atoms with van der Waals surface area (Å²) in [6.07, 6.45) is 10.5. The number of aliphatic hydroxyl groups is 1. The van der Waals surface area contributed by atoms with E-state index in [0.29, 0.717) is 48.2 Å². The molecule has 1 aliphatic carbocycles. The first kappa shape index (κ1) is 27.0. The van der Waals surface area contributed by atoms with Gasteiger partial charge in [0.25, 0.3) is 5.56 Å². The van der Waals surface area contributed by atoms with Crippen LogP contribution in [0, 0.1) is 0 Å². The van der Waals surface area contributed by atoms with E-state index in [4.69, 9.17) is 9.47 Å². The molecule has 1 saturated carbocycles. The van der Waals surface area contributed by atoms with Gasteiger partial charge < -0.3 is 24.5 Å². The molecule has 1 fully saturated rings. The van der Waals surface area contributed by atoms with Gasteiger partial charge in [-0.3, -0.25) is 9.78 Å². The molecule has 1 aliphatic rings. The molecule has 0 unspecified atom stereocenters. The number of fused-ring (bicyclic) bond motifs is 1. The molecule has 0 bridgehead atoms. The van der Waals surface area contributed by atoms with Crippen molar-refractivity contribution in [3.05, 3.63) is 40.9 Å². The number of aromatic nitrogens is 4. The summed E-state index contributed by atoms with van der Waals surface area (Å²) in [6.45, 7) is 5.73. The van der Waals surface area contributed by atoms with E-state index in [2.05, 4.69) is 27.2 Å². The van der Waals surface area contributed by atoms with Crippen molar-refractivity contribution >= 4 is 16.9 Å². The van der Waals surface area contributed by atoms with Gasteiger partial charge in [0.15, 0.2) is 5.82 Å². The Hall–Kier alpha value is -3.04. The highest BCUT2D eigenvalue weighted by Crippen LogP contribution is 2.32. The third-order valence-electron chi connectivity index (χ3n) is 7.34. The minimum Gasteiger partial charge on any atom is -0.481 e. The molecular weight excluding hydrogens is 470 g/mol. The highest BCUT2D eigenvalue weighted by atomic mass is 16.5. The Kier molecular flexibility index (Phi) is 9.10. The fraction of sp³-hybridized carbons (Fsp3) is 0.571. The van der Waals surface area contributed by atoms with Crippen molar-refractivity contribution in [1.29, 1.82) is 0 Å². The van der Waals surface area contributed by atoms with Crippen LogP contribution in [-0.4, -0.2) is 56.6 Å². The lowest BCUT2D eigenvalue weighted by Gasteiger charge is -2.35. The topological polar surface area (TPSA) is 111 Å². The second-order valence-electron chi connectivity index (χ2n) is 9.88. The van der Waals surface area contributed by atoms with E-state index < -0.39 is 5.60 Å². The molecule has 4 rings (SSSR count). The number of anilines is 1. The Morgan fingerprint density at radius 3 is 2.62 bits per heavy atom. The van der Waals surface area contributed by atoms with Crippen LogP contribution >= 0.6 is 0 Å². The molecule has 0 saturated heterocycles. The van der Waals surface area contributed by atoms with Gasteiger partial charge in [-0.25, -0.2) is 9.97 Å². The van der Waals surface area contributed by atoms with Crippen molar-refractivity contribution in [2.75, 3.05) is 25.6 Å². The zero-order valence-corrected chi connectivity index (χ0v) is 22.2. The predicted octanol–water partition coefficient (Wildman–Crippen LogP) is 4.56. The van der Waals surface area contributed by atoms with E-state index in [9.17, 15) is 9.90 Å². The summed E-state index contributed by atoms with van der Waals surface area (Å²) in [7, 11) is 1.58. The standard InChI is InChI=1S/C28H39N5O4/c1-4-6-7-15-37-16-14-33-24-17-22(20-8-9-25(36-3)30-18-20)29-19-23(24)32-26(27(33)34)31-21-10-12-28(35,5-2)13-11-21/h8-9,17-19,21,35H,4-7,10-16H2,1-3H3,(H,31,32). The monoisotopic (exact) mass is 509 g/mol. The summed E-state index contributed by atoms with van der Waals surface area (Å²) in [4.78, 5) is 27.2. The number of ether oxygens (including phenoxy) is 2. The van der Waals surface area contributed by atoms with Crippen molar-refractivity contribution in [3.8, 4) is 17.1 Å². The maximum Gasteiger partial charge on any atom is 0.293 e. The maximum absolute atomic E-state index is 13.6. The molecule has 0 amide bonds. The van der Waals surface area contributed by atoms with Crippen molar-refractivity contribution in [1.82, 2.24) is 19.5 Å². The highest BCUT2D eigenvalue weighted by Gasteiger charge is 2.32. The van der Waals surface area contributed by atoms with Crippen molar-refractivity contribution in [2.45, 2.75) is 83.4 Å². The number of nitrogens with zero attached hydrogens (tertiary/aromatic N) is 4. The normalized spacial score (nSPS) is 19.7. The summed E-state index contributed by atoms with van der Waals surface area (Å²) in [5.74, 6) is 0.852. The largest absolute Gasteiger partial charge is 0.481 e. The van der Waals surface area contributed by atoms with Crippen LogP contribution < -0.4 is 15.6 Å². The zero-order chi connectivity index (χ0) is 26.3. The first-order valence-corrected chi connectivity index (χ1v) is 13.4. The molecule has 0 atom stereocenters. The lowest BCUT2D eigenvalue weighted by Crippen LogP contribution is -2.39. The SMILES string of the molecule is CCCCCOCCn1c(=O)c(NC2CCC(O)(CC)CC2)nc2cnc(-c3ccc(OC)nc3)cc21. The molecule has 9 nitrogen and oxygen atoms in total. The van der Waals surface area contributed by atoms with Crippen LogP contribution in [0.1, 0.15) is 65.2 Å². The van der Waals surface area contributed by atoms with Gasteiger partial charge in [-0.1, -0.05) is 26.7 Å². The van der Waals surface area contributed by atoms with Crippen LogP contribution in [0.25, 0.3) is 22.3 Å². The highest BCUT2D eigenvalue weighted by molar-refractivity contribution is 5.80. The van der Waals surface area contributed by atoms with Crippen molar-refractivity contribution in [3.63, 3.8) is 0 Å². The van der Waals surface area contributed by atoms with Crippen LogP contribution in [0.5, 0.6) is 5.88 Å². The Morgan fingerprint density at radius 1 is 1.14 bits per heavy atom. The predicted molar refractivity (Wildman–Crippen MR) is 145 cm³/mol. The molecule has 0 aliphatic heterocycles. The van der Waals surface area contributed by atoms with Gasteiger partial charge >= 0.3 is 0 Å². The average Bonchev–Trinajstić information content (AvgIpc) is 2.93. The molecule has 0 spiro atoms. The van der Waals surface area contributed by atoms with Gasteiger partial charge in [0.1, 0.15) is 5.52 Å². The molecule has 200 valence electrons. The third-order valence-corrected chi connectivity index (χ3v) is 7.34. The van der Waals surface area contributed by atoms with Crippen LogP contribution in [0.4, 0.5) is 5.82 Å². The lowest BCUT2D eigenvalue weighted by molar-refractivity contribution is -0.00196. The smallest absolute Gasteiger partial charge is 0.293 e. The molecule has 3 aromatic rings. The van der Waals surface area contributed by atoms with E-state index in [0.717, 1.165) is 56.9 Å². The molecule has 3 aromatic heterocycles. The van der Waals surface area contributed by atoms with Crippen molar-refractivity contribution in [2.24, 2.45) is 0 Å². The summed E-state index contributed by atoms with van der Waals surface area (Å²) in [5, 5.41) is 14.0. The molecule has 3 heterocycles. The van der Waals surface area contributed by atoms with E-state index >= 15 is 0 Å². The number of pyridine rings is 2. The number of hydrogen-bond acceptors (Lipinski definition) is 8. The van der Waals surface area contributed by atoms with Crippen molar-refractivity contribution < 1.29 is 14.6 Å². The second-order valence-corrected chi connectivity index (χ2v) is 9.88. The molecule has 2 N–H and O–H groups in total. The summed E-state index contributed by atoms with van der Waals surface area (Å²) in [6, 6.07) is 5.66. The Labute approximate surface area is 218 Å². The lowest BCUT2D eigenvalue weighted by atomic mass is 9.80. The number of rotatable bonds is 12. The first-order valence-electron chi connectivity index (χ1n) is 13.4. The fourth-order valence-corrected chi connectivity index (χ4v) is 4.83. The Balaban J connectivity index is 1.62. The first-order chi connectivity index (χ1) is 18.0. The average molecular weight is 510 g/mol. The zero-order valence-electron chi connectivity index (χ0n) is 22.2. The number of methoxy groups -OCH3 is 1. The number of unbranched alkanes of at least 4 members (excludes halogenated alkanes) is 2. The van der Waals surface area contributed by atoms with E-state index in [1.807, 2.05) is 19.1 Å². The van der Waals surface area contributed by atoms with Crippen LogP contribution in [0.15, 0.2) is 35.4 Å². The molecule has 37 heavy (non-hydrogen) atoms. The van der Waals surface area contributed by atoms with E-state index in [-0.39, 0.29) is 11.6 Å². The fourth-order valence-electron chi connectivity index (χ4n) is 4.83. The van der Waals surface area contributed by atoms with Crippen LogP contribution in [-0.2, 0) is 11.3 Å². The van der Waals surface area contributed by atoms with Gasteiger partial charge in [0.2, 0.25) is 5.88 Å². The van der Waals surface area contributed by atoms with Crippen LogP contribution in [0.3, 0.4) is 0 Å². The Morgan fingerprint density at radius 2 is 1.95 bits per heavy atom. The third kappa shape index (κ3) is 6.64. The van der Waals surface area contributed by atoms with Gasteiger partial charge in [-0.15, -0.1) is 0 Å². The minimum atomic E-state index is -0.596. The van der Waals surface area contributed by atoms with Gasteiger partial charge in [-0.05, 0) is 50.7 Å². The van der Waals surface area contributed by atoms with Crippen LogP contribution in [0.2, 0.25) is 0 Å². The maximum atomic E-state index is 13.6. The minimum absolute atomic E-state index is 0.0980. The van der Waals surface area contributed by atoms with Gasteiger partial charge in [0.05, 0.1) is 36.7 Å². The number of hydrogen-bond donors (Lipinski definition) is 2. The molecule has 0 aromatic carbocycles. The van der Waals surface area contributed by atoms with E-state index in [1.54, 1.807) is 30.1 Å². The molecular formula is C28H39N5O4. The Bertz CT molecular complexity index is 1220. The molecule has 0 radical (unpaired) electrons.